The van der Waals surface area contributed by atoms with Crippen molar-refractivity contribution in [2.24, 2.45) is 0 Å². The van der Waals surface area contributed by atoms with E-state index in [1.165, 1.54) is 16.7 Å². The van der Waals surface area contributed by atoms with Crippen LogP contribution < -0.4 is 4.90 Å². The number of nitrogens with zero attached hydrogens (tertiary/aromatic N) is 1. The molecule has 148 valence electrons. The second-order valence-corrected chi connectivity index (χ2v) is 7.93. The van der Waals surface area contributed by atoms with Gasteiger partial charge in [0, 0.05) is 16.5 Å². The van der Waals surface area contributed by atoms with Gasteiger partial charge in [0.1, 0.15) is 5.58 Å². The number of hydrogen-bond acceptors (Lipinski definition) is 2. The highest BCUT2D eigenvalue weighted by atomic mass is 16.4. The molecule has 6 rings (SSSR count). The number of para-hydroxylation sites is 2. The summed E-state index contributed by atoms with van der Waals surface area (Å²) in [6.07, 6.45) is 4.38. The fourth-order valence-corrected chi connectivity index (χ4v) is 4.43. The Morgan fingerprint density at radius 1 is 0.677 bits per heavy atom. The summed E-state index contributed by atoms with van der Waals surface area (Å²) in [6.45, 7) is 2.12. The molecule has 1 aliphatic rings. The molecule has 0 radical (unpaired) electrons. The van der Waals surface area contributed by atoms with Crippen molar-refractivity contribution in [3.63, 3.8) is 0 Å². The molecule has 0 saturated carbocycles. The van der Waals surface area contributed by atoms with Crippen LogP contribution in [0.15, 0.2) is 101 Å². The molecule has 1 aromatic heterocycles. The van der Waals surface area contributed by atoms with Crippen LogP contribution in [0.2, 0.25) is 0 Å². The molecule has 2 heteroatoms. The molecule has 2 nitrogen and oxygen atoms in total. The summed E-state index contributed by atoms with van der Waals surface area (Å²) in [5.41, 5.74) is 8.96. The lowest BCUT2D eigenvalue weighted by Crippen LogP contribution is -2.11. The summed E-state index contributed by atoms with van der Waals surface area (Å²) in [4.78, 5) is 2.27. The number of benzene rings is 4. The Bertz CT molecular complexity index is 1440. The molecule has 2 heterocycles. The maximum atomic E-state index is 6.51. The third-order valence-electron chi connectivity index (χ3n) is 5.90. The van der Waals surface area contributed by atoms with Gasteiger partial charge in [0.15, 0.2) is 0 Å². The molecule has 0 N–H and O–H groups in total. The van der Waals surface area contributed by atoms with E-state index in [0.717, 1.165) is 39.4 Å². The smallest absolute Gasteiger partial charge is 0.213 e. The minimum Gasteiger partial charge on any atom is -0.439 e. The van der Waals surface area contributed by atoms with E-state index in [1.54, 1.807) is 0 Å². The van der Waals surface area contributed by atoms with Gasteiger partial charge < -0.3 is 4.42 Å². The summed E-state index contributed by atoms with van der Waals surface area (Å²) >= 11 is 0. The molecular formula is C29H21NO. The molecular weight excluding hydrogens is 378 g/mol. The van der Waals surface area contributed by atoms with E-state index in [9.17, 15) is 0 Å². The molecule has 0 bridgehead atoms. The fourth-order valence-electron chi connectivity index (χ4n) is 4.43. The molecule has 0 atom stereocenters. The van der Waals surface area contributed by atoms with Gasteiger partial charge >= 0.3 is 0 Å². The molecule has 0 fully saturated rings. The number of rotatable bonds is 2. The molecule has 0 saturated heterocycles. The van der Waals surface area contributed by atoms with E-state index in [-0.39, 0.29) is 0 Å². The molecule has 31 heavy (non-hydrogen) atoms. The largest absolute Gasteiger partial charge is 0.439 e. The van der Waals surface area contributed by atoms with Crippen molar-refractivity contribution in [3.8, 4) is 11.1 Å². The van der Waals surface area contributed by atoms with Crippen molar-refractivity contribution >= 4 is 40.4 Å². The molecule has 0 amide bonds. The highest BCUT2D eigenvalue weighted by Crippen LogP contribution is 2.48. The lowest BCUT2D eigenvalue weighted by molar-refractivity contribution is 0.620. The summed E-state index contributed by atoms with van der Waals surface area (Å²) in [5.74, 6) is 0.852. The standard InChI is InChI=1S/C29H21NO/c1-20-15-18-28-25(19-20)24-17-16-22-11-5-7-13-26(22)30(29(24)31-28)27-14-8-6-12-23(27)21-9-3-2-4-10-21/h2-19H,1H3. The number of fused-ring (bicyclic) bond motifs is 4. The third kappa shape index (κ3) is 2.88. The maximum Gasteiger partial charge on any atom is 0.213 e. The quantitative estimate of drug-likeness (QED) is 0.291. The number of aryl methyl sites for hydroxylation is 1. The van der Waals surface area contributed by atoms with Gasteiger partial charge in [0.2, 0.25) is 5.88 Å². The fraction of sp³-hybridized carbons (Fsp3) is 0.0345. The molecule has 5 aromatic rings. The number of hydrogen-bond donors (Lipinski definition) is 0. The zero-order valence-electron chi connectivity index (χ0n) is 17.2. The van der Waals surface area contributed by atoms with Crippen LogP contribution in [-0.4, -0.2) is 0 Å². The SMILES string of the molecule is Cc1ccc2oc3c(c2c1)C=Cc1ccccc1N3c1ccccc1-c1ccccc1. The summed E-state index contributed by atoms with van der Waals surface area (Å²) in [7, 11) is 0. The van der Waals surface area contributed by atoms with Crippen LogP contribution in [0, 0.1) is 6.92 Å². The van der Waals surface area contributed by atoms with Gasteiger partial charge in [0.05, 0.1) is 11.4 Å². The Balaban J connectivity index is 1.68. The van der Waals surface area contributed by atoms with E-state index in [0.29, 0.717) is 0 Å². The van der Waals surface area contributed by atoms with Gasteiger partial charge in [-0.2, -0.15) is 0 Å². The number of anilines is 3. The Kier molecular flexibility index (Phi) is 4.03. The lowest BCUT2D eigenvalue weighted by atomic mass is 10.0. The number of furan rings is 1. The van der Waals surface area contributed by atoms with Crippen LogP contribution in [0.3, 0.4) is 0 Å². The zero-order valence-corrected chi connectivity index (χ0v) is 17.2. The Labute approximate surface area is 181 Å². The van der Waals surface area contributed by atoms with Crippen LogP contribution >= 0.6 is 0 Å². The van der Waals surface area contributed by atoms with Gasteiger partial charge in [-0.05, 0) is 48.4 Å². The first-order chi connectivity index (χ1) is 15.3. The van der Waals surface area contributed by atoms with Crippen molar-refractivity contribution in [2.75, 3.05) is 4.90 Å². The van der Waals surface area contributed by atoms with Crippen molar-refractivity contribution in [1.29, 1.82) is 0 Å². The second-order valence-electron chi connectivity index (χ2n) is 7.93. The van der Waals surface area contributed by atoms with E-state index < -0.39 is 0 Å². The summed E-state index contributed by atoms with van der Waals surface area (Å²) in [5, 5.41) is 1.14. The van der Waals surface area contributed by atoms with Crippen LogP contribution in [0.25, 0.3) is 34.2 Å². The molecule has 0 unspecified atom stereocenters. The summed E-state index contributed by atoms with van der Waals surface area (Å²) in [6, 6.07) is 33.9. The first kappa shape index (κ1) is 17.8. The van der Waals surface area contributed by atoms with E-state index in [2.05, 4.69) is 121 Å². The van der Waals surface area contributed by atoms with Crippen molar-refractivity contribution in [2.45, 2.75) is 6.92 Å². The average molecular weight is 399 g/mol. The Hall–Kier alpha value is -4.04. The van der Waals surface area contributed by atoms with E-state index in [4.69, 9.17) is 4.42 Å². The minimum absolute atomic E-state index is 0.852. The molecule has 1 aliphatic heterocycles. The van der Waals surface area contributed by atoms with E-state index in [1.807, 2.05) is 0 Å². The van der Waals surface area contributed by atoms with Crippen molar-refractivity contribution < 1.29 is 4.42 Å². The first-order valence-electron chi connectivity index (χ1n) is 10.5. The van der Waals surface area contributed by atoms with Gasteiger partial charge in [-0.1, -0.05) is 84.4 Å². The monoisotopic (exact) mass is 399 g/mol. The highest BCUT2D eigenvalue weighted by molar-refractivity contribution is 6.03. The van der Waals surface area contributed by atoms with Crippen molar-refractivity contribution in [1.82, 2.24) is 0 Å². The lowest BCUT2D eigenvalue weighted by Gasteiger charge is -2.26. The van der Waals surface area contributed by atoms with Gasteiger partial charge in [-0.3, -0.25) is 4.90 Å². The predicted molar refractivity (Wildman–Crippen MR) is 130 cm³/mol. The van der Waals surface area contributed by atoms with Gasteiger partial charge in [0.25, 0.3) is 0 Å². The van der Waals surface area contributed by atoms with Crippen molar-refractivity contribution in [3.05, 3.63) is 114 Å². The highest BCUT2D eigenvalue weighted by Gasteiger charge is 2.27. The Morgan fingerprint density at radius 3 is 2.29 bits per heavy atom. The van der Waals surface area contributed by atoms with Gasteiger partial charge in [-0.15, -0.1) is 0 Å². The predicted octanol–water partition coefficient (Wildman–Crippen LogP) is 8.36. The van der Waals surface area contributed by atoms with E-state index >= 15 is 0 Å². The van der Waals surface area contributed by atoms with Crippen LogP contribution in [0.1, 0.15) is 16.7 Å². The molecule has 4 aromatic carbocycles. The first-order valence-corrected chi connectivity index (χ1v) is 10.5. The molecule has 0 aliphatic carbocycles. The average Bonchev–Trinajstić information content (AvgIpc) is 3.08. The minimum atomic E-state index is 0.852. The van der Waals surface area contributed by atoms with Crippen LogP contribution in [0.4, 0.5) is 17.3 Å². The maximum absolute atomic E-state index is 6.51. The zero-order chi connectivity index (χ0) is 20.8. The van der Waals surface area contributed by atoms with Gasteiger partial charge in [-0.25, -0.2) is 0 Å². The van der Waals surface area contributed by atoms with Crippen LogP contribution in [0.5, 0.6) is 0 Å². The topological polar surface area (TPSA) is 16.4 Å². The second kappa shape index (κ2) is 7.03. The normalized spacial score (nSPS) is 12.5. The Morgan fingerprint density at radius 2 is 1.42 bits per heavy atom. The third-order valence-corrected chi connectivity index (χ3v) is 5.90. The van der Waals surface area contributed by atoms with Crippen LogP contribution in [-0.2, 0) is 0 Å². The summed E-state index contributed by atoms with van der Waals surface area (Å²) < 4.78 is 6.51. The molecule has 0 spiro atoms.